The molecule has 0 atom stereocenters. The predicted molar refractivity (Wildman–Crippen MR) is 61.8 cm³/mol. The lowest BCUT2D eigenvalue weighted by molar-refractivity contribution is -0.136. The molecule has 2 rings (SSSR count). The molecule has 15 heavy (non-hydrogen) atoms. The molecule has 6 heteroatoms. The summed E-state index contributed by atoms with van der Waals surface area (Å²) < 4.78 is 0. The fraction of sp³-hybridized carbons (Fsp3) is 0.111. The van der Waals surface area contributed by atoms with Gasteiger partial charge >= 0.3 is 5.97 Å². The molecular formula is C9H6ClNO2S2. The van der Waals surface area contributed by atoms with Crippen LogP contribution in [0.25, 0.3) is 9.88 Å². The summed E-state index contributed by atoms with van der Waals surface area (Å²) in [6, 6.07) is 3.86. The summed E-state index contributed by atoms with van der Waals surface area (Å²) in [5, 5.41) is 11.7. The first-order valence-corrected chi connectivity index (χ1v) is 6.15. The van der Waals surface area contributed by atoms with Gasteiger partial charge in [0.25, 0.3) is 0 Å². The van der Waals surface area contributed by atoms with Crippen molar-refractivity contribution in [1.82, 2.24) is 4.98 Å². The third-order valence-electron chi connectivity index (χ3n) is 1.69. The van der Waals surface area contributed by atoms with Gasteiger partial charge in [-0.2, -0.15) is 0 Å². The van der Waals surface area contributed by atoms with Gasteiger partial charge in [-0.25, -0.2) is 4.98 Å². The van der Waals surface area contributed by atoms with Crippen molar-refractivity contribution in [2.45, 2.75) is 6.42 Å². The maximum atomic E-state index is 10.5. The van der Waals surface area contributed by atoms with Crippen LogP contribution in [0.2, 0.25) is 5.15 Å². The van der Waals surface area contributed by atoms with Crippen LogP contribution in [0.3, 0.4) is 0 Å². The van der Waals surface area contributed by atoms with Crippen molar-refractivity contribution in [3.63, 3.8) is 0 Å². The first-order chi connectivity index (χ1) is 7.16. The summed E-state index contributed by atoms with van der Waals surface area (Å²) in [6.45, 7) is 0. The predicted octanol–water partition coefficient (Wildman–Crippen LogP) is 3.15. The van der Waals surface area contributed by atoms with Crippen molar-refractivity contribution >= 4 is 40.2 Å². The first-order valence-electron chi connectivity index (χ1n) is 4.07. The van der Waals surface area contributed by atoms with Crippen LogP contribution in [0.4, 0.5) is 0 Å². The summed E-state index contributed by atoms with van der Waals surface area (Å²) >= 11 is 8.74. The van der Waals surface area contributed by atoms with Crippen LogP contribution in [0.1, 0.15) is 4.88 Å². The molecule has 0 saturated heterocycles. The normalized spacial score (nSPS) is 10.5. The second kappa shape index (κ2) is 4.30. The van der Waals surface area contributed by atoms with Gasteiger partial charge in [0.15, 0.2) is 0 Å². The van der Waals surface area contributed by atoms with E-state index in [1.54, 1.807) is 11.3 Å². The smallest absolute Gasteiger partial charge is 0.308 e. The summed E-state index contributed by atoms with van der Waals surface area (Å²) in [5.74, 6) is -0.890. The molecule has 0 unspecified atom stereocenters. The number of carboxylic acid groups (broad SMARTS) is 1. The number of rotatable bonds is 3. The number of hydrogen-bond acceptors (Lipinski definition) is 4. The summed E-state index contributed by atoms with van der Waals surface area (Å²) in [7, 11) is 0. The average molecular weight is 260 g/mol. The van der Waals surface area contributed by atoms with Crippen LogP contribution in [0.5, 0.6) is 0 Å². The van der Waals surface area contributed by atoms with Crippen LogP contribution >= 0.6 is 34.3 Å². The molecule has 0 aromatic carbocycles. The number of thiophene rings is 1. The number of thiazole rings is 1. The van der Waals surface area contributed by atoms with E-state index in [1.807, 2.05) is 17.5 Å². The number of aromatic nitrogens is 1. The Morgan fingerprint density at radius 2 is 2.40 bits per heavy atom. The van der Waals surface area contributed by atoms with Crippen LogP contribution < -0.4 is 0 Å². The number of carbonyl (C=O) groups is 1. The largest absolute Gasteiger partial charge is 0.481 e. The number of nitrogens with zero attached hydrogens (tertiary/aromatic N) is 1. The van der Waals surface area contributed by atoms with E-state index in [1.165, 1.54) is 11.3 Å². The molecule has 2 heterocycles. The van der Waals surface area contributed by atoms with Crippen molar-refractivity contribution in [1.29, 1.82) is 0 Å². The van der Waals surface area contributed by atoms with E-state index in [4.69, 9.17) is 16.7 Å². The Labute approximate surface area is 99.0 Å². The van der Waals surface area contributed by atoms with Gasteiger partial charge in [0.05, 0.1) is 16.2 Å². The van der Waals surface area contributed by atoms with Gasteiger partial charge in [-0.1, -0.05) is 17.7 Å². The molecular weight excluding hydrogens is 254 g/mol. The molecule has 3 nitrogen and oxygen atoms in total. The van der Waals surface area contributed by atoms with Crippen LogP contribution in [-0.2, 0) is 11.2 Å². The third-order valence-corrected chi connectivity index (χ3v) is 4.21. The Morgan fingerprint density at radius 3 is 3.00 bits per heavy atom. The highest BCUT2D eigenvalue weighted by atomic mass is 35.5. The molecule has 0 saturated carbocycles. The zero-order valence-electron chi connectivity index (χ0n) is 7.44. The Kier molecular flexibility index (Phi) is 3.04. The van der Waals surface area contributed by atoms with Gasteiger partial charge in [-0.15, -0.1) is 22.7 Å². The van der Waals surface area contributed by atoms with Gasteiger partial charge < -0.3 is 5.11 Å². The molecule has 1 N–H and O–H groups in total. The SMILES string of the molecule is O=C(O)Cc1sc(-c2cccs2)nc1Cl. The van der Waals surface area contributed by atoms with Crippen LogP contribution in [-0.4, -0.2) is 16.1 Å². The third kappa shape index (κ3) is 2.37. The maximum absolute atomic E-state index is 10.5. The molecule has 0 fully saturated rings. The number of aliphatic carboxylic acids is 1. The van der Waals surface area contributed by atoms with Crippen molar-refractivity contribution in [2.24, 2.45) is 0 Å². The lowest BCUT2D eigenvalue weighted by Gasteiger charge is -1.88. The second-order valence-electron chi connectivity index (χ2n) is 2.78. The second-order valence-corrected chi connectivity index (χ2v) is 5.17. The number of carboxylic acids is 1. The highest BCUT2D eigenvalue weighted by molar-refractivity contribution is 7.21. The molecule has 2 aromatic heterocycles. The maximum Gasteiger partial charge on any atom is 0.308 e. The van der Waals surface area contributed by atoms with Crippen molar-refractivity contribution in [3.8, 4) is 9.88 Å². The van der Waals surface area contributed by atoms with Crippen molar-refractivity contribution in [2.75, 3.05) is 0 Å². The van der Waals surface area contributed by atoms with E-state index in [9.17, 15) is 4.79 Å². The zero-order chi connectivity index (χ0) is 10.8. The van der Waals surface area contributed by atoms with Crippen molar-refractivity contribution in [3.05, 3.63) is 27.5 Å². The molecule has 2 aromatic rings. The first kappa shape index (κ1) is 10.6. The summed E-state index contributed by atoms with van der Waals surface area (Å²) in [5.41, 5.74) is 0. The van der Waals surface area contributed by atoms with Crippen LogP contribution in [0, 0.1) is 0 Å². The zero-order valence-corrected chi connectivity index (χ0v) is 9.83. The molecule has 0 aliphatic rings. The summed E-state index contributed by atoms with van der Waals surface area (Å²) in [4.78, 5) is 16.3. The molecule has 0 amide bonds. The van der Waals surface area contributed by atoms with E-state index in [0.717, 1.165) is 9.88 Å². The van der Waals surface area contributed by atoms with Gasteiger partial charge in [-0.05, 0) is 11.4 Å². The molecule has 0 radical (unpaired) electrons. The number of halogens is 1. The van der Waals surface area contributed by atoms with E-state index < -0.39 is 5.97 Å². The quantitative estimate of drug-likeness (QED) is 0.921. The molecule has 0 aliphatic carbocycles. The Balaban J connectivity index is 2.33. The minimum atomic E-state index is -0.890. The molecule has 0 spiro atoms. The van der Waals surface area contributed by atoms with E-state index >= 15 is 0 Å². The topological polar surface area (TPSA) is 50.2 Å². The molecule has 0 bridgehead atoms. The Bertz CT molecular complexity index is 478. The van der Waals surface area contributed by atoms with Gasteiger partial charge in [0, 0.05) is 0 Å². The standard InChI is InChI=1S/C9H6ClNO2S2/c10-8-6(4-7(12)13)15-9(11-8)5-2-1-3-14-5/h1-3H,4H2,(H,12,13). The fourth-order valence-electron chi connectivity index (χ4n) is 1.09. The minimum absolute atomic E-state index is 0.0676. The Hall–Kier alpha value is -0.910. The molecule has 78 valence electrons. The van der Waals surface area contributed by atoms with Crippen LogP contribution in [0.15, 0.2) is 17.5 Å². The lowest BCUT2D eigenvalue weighted by Crippen LogP contribution is -1.97. The highest BCUT2D eigenvalue weighted by Gasteiger charge is 2.13. The fourth-order valence-corrected chi connectivity index (χ4v) is 3.14. The lowest BCUT2D eigenvalue weighted by atomic mass is 10.4. The van der Waals surface area contributed by atoms with Gasteiger partial charge in [0.2, 0.25) is 0 Å². The van der Waals surface area contributed by atoms with E-state index in [-0.39, 0.29) is 6.42 Å². The van der Waals surface area contributed by atoms with Crippen molar-refractivity contribution < 1.29 is 9.90 Å². The monoisotopic (exact) mass is 259 g/mol. The highest BCUT2D eigenvalue weighted by Crippen LogP contribution is 2.33. The average Bonchev–Trinajstić information content (AvgIpc) is 2.75. The molecule has 0 aliphatic heterocycles. The summed E-state index contributed by atoms with van der Waals surface area (Å²) in [6.07, 6.45) is -0.0676. The van der Waals surface area contributed by atoms with E-state index in [2.05, 4.69) is 4.98 Å². The van der Waals surface area contributed by atoms with Gasteiger partial charge in [0.1, 0.15) is 10.2 Å². The van der Waals surface area contributed by atoms with Gasteiger partial charge in [-0.3, -0.25) is 4.79 Å². The van der Waals surface area contributed by atoms with E-state index in [0.29, 0.717) is 10.0 Å². The minimum Gasteiger partial charge on any atom is -0.481 e. The number of hydrogen-bond donors (Lipinski definition) is 1. The Morgan fingerprint density at radius 1 is 1.60 bits per heavy atom.